The van der Waals surface area contributed by atoms with Crippen molar-refractivity contribution in [2.45, 2.75) is 25.4 Å². The van der Waals surface area contributed by atoms with E-state index in [1.165, 1.54) is 31.3 Å². The monoisotopic (exact) mass is 284 g/mol. The molecule has 3 rings (SSSR count). The fourth-order valence-corrected chi connectivity index (χ4v) is 3.13. The van der Waals surface area contributed by atoms with E-state index < -0.39 is 0 Å². The highest BCUT2D eigenvalue weighted by atomic mass is 15.2. The molecule has 4 heteroatoms. The summed E-state index contributed by atoms with van der Waals surface area (Å²) >= 11 is 0. The van der Waals surface area contributed by atoms with Crippen LogP contribution in [0.1, 0.15) is 18.4 Å². The number of aromatic nitrogens is 1. The van der Waals surface area contributed by atoms with Crippen LogP contribution in [0.5, 0.6) is 0 Å². The van der Waals surface area contributed by atoms with Crippen molar-refractivity contribution in [3.63, 3.8) is 0 Å². The topological polar surface area (TPSA) is 45.4 Å². The van der Waals surface area contributed by atoms with Gasteiger partial charge >= 0.3 is 0 Å². The van der Waals surface area contributed by atoms with Crippen LogP contribution in [0.4, 0.5) is 5.82 Å². The van der Waals surface area contributed by atoms with Crippen LogP contribution in [0.25, 0.3) is 10.9 Å². The van der Waals surface area contributed by atoms with Gasteiger partial charge in [-0.05, 0) is 52.2 Å². The third kappa shape index (κ3) is 3.17. The minimum absolute atomic E-state index is 0.645. The molecule has 2 heterocycles. The first kappa shape index (κ1) is 14.3. The van der Waals surface area contributed by atoms with E-state index in [0.29, 0.717) is 11.9 Å². The highest BCUT2D eigenvalue weighted by Gasteiger charge is 2.21. The number of hydrogen-bond donors (Lipinski definition) is 1. The molecule has 1 aromatic heterocycles. The Balaban J connectivity index is 1.76. The van der Waals surface area contributed by atoms with E-state index in [2.05, 4.69) is 41.0 Å². The highest BCUT2D eigenvalue weighted by Crippen LogP contribution is 2.22. The van der Waals surface area contributed by atoms with Gasteiger partial charge in [0.05, 0.1) is 5.52 Å². The lowest BCUT2D eigenvalue weighted by Crippen LogP contribution is -2.41. The molecule has 0 spiro atoms. The van der Waals surface area contributed by atoms with Gasteiger partial charge in [0.25, 0.3) is 0 Å². The smallest absolute Gasteiger partial charge is 0.128 e. The fraction of sp³-hybridized carbons (Fsp3) is 0.471. The predicted molar refractivity (Wildman–Crippen MR) is 88.1 cm³/mol. The largest absolute Gasteiger partial charge is 0.383 e. The van der Waals surface area contributed by atoms with Crippen molar-refractivity contribution in [3.05, 3.63) is 35.9 Å². The van der Waals surface area contributed by atoms with Crippen LogP contribution in [-0.2, 0) is 6.54 Å². The first-order valence-corrected chi connectivity index (χ1v) is 7.66. The fourth-order valence-electron chi connectivity index (χ4n) is 3.13. The van der Waals surface area contributed by atoms with Gasteiger partial charge in [0.1, 0.15) is 5.82 Å². The second-order valence-electron chi connectivity index (χ2n) is 6.17. The van der Waals surface area contributed by atoms with Crippen molar-refractivity contribution in [1.82, 2.24) is 14.8 Å². The zero-order valence-corrected chi connectivity index (χ0v) is 12.9. The molecule has 2 aromatic rings. The molecule has 21 heavy (non-hydrogen) atoms. The molecule has 0 atom stereocenters. The normalized spacial score (nSPS) is 17.7. The average Bonchev–Trinajstić information content (AvgIpc) is 2.48. The molecule has 1 aliphatic heterocycles. The zero-order valence-electron chi connectivity index (χ0n) is 12.9. The van der Waals surface area contributed by atoms with E-state index in [1.807, 2.05) is 18.2 Å². The molecule has 2 N–H and O–H groups in total. The molecular weight excluding hydrogens is 260 g/mol. The summed E-state index contributed by atoms with van der Waals surface area (Å²) in [5.41, 5.74) is 8.25. The summed E-state index contributed by atoms with van der Waals surface area (Å²) in [4.78, 5) is 9.35. The molecule has 1 fully saturated rings. The van der Waals surface area contributed by atoms with Crippen molar-refractivity contribution >= 4 is 16.7 Å². The summed E-state index contributed by atoms with van der Waals surface area (Å²) in [6, 6.07) is 11.0. The molecular formula is C17H24N4. The Morgan fingerprint density at radius 3 is 2.76 bits per heavy atom. The van der Waals surface area contributed by atoms with E-state index in [9.17, 15) is 0 Å². The van der Waals surface area contributed by atoms with Crippen molar-refractivity contribution in [1.29, 1.82) is 0 Å². The van der Waals surface area contributed by atoms with E-state index in [-0.39, 0.29) is 0 Å². The number of pyridine rings is 1. The summed E-state index contributed by atoms with van der Waals surface area (Å²) in [5.74, 6) is 0.661. The van der Waals surface area contributed by atoms with Gasteiger partial charge in [-0.1, -0.05) is 18.2 Å². The van der Waals surface area contributed by atoms with Crippen molar-refractivity contribution in [2.75, 3.05) is 32.9 Å². The van der Waals surface area contributed by atoms with Gasteiger partial charge in [0.2, 0.25) is 0 Å². The molecule has 0 aliphatic carbocycles. The molecule has 4 nitrogen and oxygen atoms in total. The maximum absolute atomic E-state index is 6.14. The van der Waals surface area contributed by atoms with Gasteiger partial charge in [-0.15, -0.1) is 0 Å². The van der Waals surface area contributed by atoms with E-state index in [1.54, 1.807) is 0 Å². The Morgan fingerprint density at radius 2 is 2.00 bits per heavy atom. The number of nitrogens with two attached hydrogens (primary N) is 1. The molecule has 0 bridgehead atoms. The van der Waals surface area contributed by atoms with Gasteiger partial charge in [-0.2, -0.15) is 0 Å². The Labute approximate surface area is 126 Å². The van der Waals surface area contributed by atoms with Crippen molar-refractivity contribution in [3.8, 4) is 0 Å². The molecule has 112 valence electrons. The number of nitrogens with zero attached hydrogens (tertiary/aromatic N) is 3. The standard InChI is InChI=1S/C17H24N4/c1-20-9-7-15(8-10-20)21(2)12-14-11-13-5-3-4-6-16(13)19-17(14)18/h3-6,11,15H,7-10,12H2,1-2H3,(H2,18,19). The summed E-state index contributed by atoms with van der Waals surface area (Å²) in [5, 5.41) is 1.17. The minimum Gasteiger partial charge on any atom is -0.383 e. The number of nitrogen functional groups attached to an aromatic ring is 1. The minimum atomic E-state index is 0.645. The number of rotatable bonds is 3. The molecule has 1 saturated heterocycles. The van der Waals surface area contributed by atoms with E-state index in [4.69, 9.17) is 5.73 Å². The molecule has 0 radical (unpaired) electrons. The number of benzene rings is 1. The van der Waals surface area contributed by atoms with Crippen LogP contribution in [0.15, 0.2) is 30.3 Å². The number of para-hydroxylation sites is 1. The summed E-state index contributed by atoms with van der Waals surface area (Å²) in [6.45, 7) is 3.24. The summed E-state index contributed by atoms with van der Waals surface area (Å²) in [6.07, 6.45) is 2.46. The van der Waals surface area contributed by atoms with Crippen LogP contribution in [-0.4, -0.2) is 48.0 Å². The van der Waals surface area contributed by atoms with Crippen molar-refractivity contribution in [2.24, 2.45) is 0 Å². The van der Waals surface area contributed by atoms with Crippen molar-refractivity contribution < 1.29 is 0 Å². The second-order valence-corrected chi connectivity index (χ2v) is 6.17. The lowest BCUT2D eigenvalue weighted by atomic mass is 10.0. The third-order valence-electron chi connectivity index (χ3n) is 4.57. The molecule has 0 saturated carbocycles. The first-order valence-electron chi connectivity index (χ1n) is 7.66. The van der Waals surface area contributed by atoms with Gasteiger partial charge in [-0.25, -0.2) is 4.98 Å². The highest BCUT2D eigenvalue weighted by molar-refractivity contribution is 5.81. The molecule has 0 unspecified atom stereocenters. The zero-order chi connectivity index (χ0) is 14.8. The van der Waals surface area contributed by atoms with Crippen LogP contribution >= 0.6 is 0 Å². The average molecular weight is 284 g/mol. The predicted octanol–water partition coefficient (Wildman–Crippen LogP) is 2.34. The maximum atomic E-state index is 6.14. The van der Waals surface area contributed by atoms with Gasteiger partial charge < -0.3 is 10.6 Å². The quantitative estimate of drug-likeness (QED) is 0.939. The molecule has 0 amide bonds. The number of piperidine rings is 1. The third-order valence-corrected chi connectivity index (χ3v) is 4.57. The van der Waals surface area contributed by atoms with Gasteiger partial charge in [0.15, 0.2) is 0 Å². The summed E-state index contributed by atoms with van der Waals surface area (Å²) in [7, 11) is 4.39. The number of likely N-dealkylation sites (tertiary alicyclic amines) is 1. The Bertz CT molecular complexity index is 617. The van der Waals surface area contributed by atoms with Gasteiger partial charge in [0, 0.05) is 23.5 Å². The molecule has 1 aromatic carbocycles. The number of hydrogen-bond acceptors (Lipinski definition) is 4. The SMILES string of the molecule is CN1CCC(N(C)Cc2cc3ccccc3nc2N)CC1. The van der Waals surface area contributed by atoms with E-state index >= 15 is 0 Å². The van der Waals surface area contributed by atoms with Crippen LogP contribution < -0.4 is 5.73 Å². The lowest BCUT2D eigenvalue weighted by molar-refractivity contribution is 0.139. The Kier molecular flexibility index (Phi) is 4.08. The van der Waals surface area contributed by atoms with Crippen LogP contribution in [0.2, 0.25) is 0 Å². The first-order chi connectivity index (χ1) is 10.1. The molecule has 1 aliphatic rings. The Hall–Kier alpha value is -1.65. The number of fused-ring (bicyclic) bond motifs is 1. The second kappa shape index (κ2) is 6.00. The lowest BCUT2D eigenvalue weighted by Gasteiger charge is -2.35. The summed E-state index contributed by atoms with van der Waals surface area (Å²) < 4.78 is 0. The van der Waals surface area contributed by atoms with Crippen LogP contribution in [0, 0.1) is 0 Å². The van der Waals surface area contributed by atoms with E-state index in [0.717, 1.165) is 17.6 Å². The maximum Gasteiger partial charge on any atom is 0.128 e. The number of anilines is 1. The Morgan fingerprint density at radius 1 is 1.29 bits per heavy atom. The van der Waals surface area contributed by atoms with Crippen LogP contribution in [0.3, 0.4) is 0 Å². The van der Waals surface area contributed by atoms with Gasteiger partial charge in [-0.3, -0.25) is 4.90 Å².